The fraction of sp³-hybridized carbons (Fsp3) is 0.455. The van der Waals surface area contributed by atoms with Crippen molar-refractivity contribution >= 4 is 11.9 Å². The van der Waals surface area contributed by atoms with Crippen molar-refractivity contribution in [1.82, 2.24) is 5.06 Å². The molecule has 0 aliphatic heterocycles. The molecule has 0 fully saturated rings. The Kier molecular flexibility index (Phi) is 12.0. The van der Waals surface area contributed by atoms with Crippen molar-refractivity contribution in [2.24, 2.45) is 0 Å². The van der Waals surface area contributed by atoms with Gasteiger partial charge in [-0.15, -0.1) is 0 Å². The van der Waals surface area contributed by atoms with Crippen molar-refractivity contribution in [3.05, 3.63) is 25.3 Å². The molecule has 5 heteroatoms. The first kappa shape index (κ1) is 16.8. The number of aliphatic carboxylic acids is 1. The quantitative estimate of drug-likeness (QED) is 0.427. The van der Waals surface area contributed by atoms with Gasteiger partial charge in [-0.3, -0.25) is 9.63 Å². The Morgan fingerprint density at radius 3 is 2.19 bits per heavy atom. The summed E-state index contributed by atoms with van der Waals surface area (Å²) < 4.78 is 0. The van der Waals surface area contributed by atoms with Crippen molar-refractivity contribution in [2.45, 2.75) is 19.8 Å². The molecular weight excluding hydrogens is 210 g/mol. The summed E-state index contributed by atoms with van der Waals surface area (Å²) in [5, 5.41) is 8.80. The van der Waals surface area contributed by atoms with Crippen LogP contribution in [0.5, 0.6) is 0 Å². The predicted molar refractivity (Wildman–Crippen MR) is 61.7 cm³/mol. The third-order valence-corrected chi connectivity index (χ3v) is 1.44. The number of likely N-dealkylation sites (N-methyl/N-ethyl adjacent to an activating group) is 1. The van der Waals surface area contributed by atoms with Crippen LogP contribution in [-0.4, -0.2) is 35.7 Å². The number of hydroxylamine groups is 2. The number of carbonyl (C=O) groups excluding carboxylic acids is 1. The highest BCUT2D eigenvalue weighted by Crippen LogP contribution is 1.92. The van der Waals surface area contributed by atoms with Crippen LogP contribution in [0.3, 0.4) is 0 Å². The van der Waals surface area contributed by atoms with Gasteiger partial charge in [-0.1, -0.05) is 26.5 Å². The Morgan fingerprint density at radius 1 is 1.38 bits per heavy atom. The molecule has 16 heavy (non-hydrogen) atoms. The van der Waals surface area contributed by atoms with E-state index in [4.69, 9.17) is 9.94 Å². The van der Waals surface area contributed by atoms with Gasteiger partial charge in [0.15, 0.2) is 0 Å². The van der Waals surface area contributed by atoms with Gasteiger partial charge in [-0.25, -0.2) is 9.86 Å². The molecule has 0 aromatic rings. The van der Waals surface area contributed by atoms with Crippen LogP contribution in [-0.2, 0) is 14.4 Å². The van der Waals surface area contributed by atoms with Gasteiger partial charge in [0, 0.05) is 13.1 Å². The molecule has 0 saturated carbocycles. The van der Waals surface area contributed by atoms with E-state index >= 15 is 0 Å². The topological polar surface area (TPSA) is 66.8 Å². The number of carboxylic acids is 1. The van der Waals surface area contributed by atoms with Crippen LogP contribution in [0.2, 0.25) is 0 Å². The summed E-state index contributed by atoms with van der Waals surface area (Å²) in [6, 6.07) is 0. The van der Waals surface area contributed by atoms with E-state index in [2.05, 4.69) is 20.1 Å². The molecule has 92 valence electrons. The minimum Gasteiger partial charge on any atom is -0.478 e. The summed E-state index contributed by atoms with van der Waals surface area (Å²) in [6.45, 7) is 8.96. The number of carboxylic acid groups (broad SMARTS) is 1. The maximum Gasteiger partial charge on any atom is 0.327 e. The minimum atomic E-state index is -0.981. The second-order valence-corrected chi connectivity index (χ2v) is 2.77. The Bertz CT molecular complexity index is 238. The number of amides is 1. The predicted octanol–water partition coefficient (Wildman–Crippen LogP) is 1.62. The van der Waals surface area contributed by atoms with Crippen LogP contribution in [0.4, 0.5) is 0 Å². The highest BCUT2D eigenvalue weighted by molar-refractivity contribution is 5.85. The normalized spacial score (nSPS) is 8.38. The molecule has 0 aliphatic carbocycles. The summed E-state index contributed by atoms with van der Waals surface area (Å²) in [5.74, 6) is -1.19. The monoisotopic (exact) mass is 229 g/mol. The van der Waals surface area contributed by atoms with Crippen LogP contribution in [0.15, 0.2) is 25.3 Å². The molecule has 0 aromatic heterocycles. The number of rotatable bonds is 6. The number of unbranched alkanes of at least 4 members (excludes halogenated alkanes) is 1. The average molecular weight is 229 g/mol. The van der Waals surface area contributed by atoms with Gasteiger partial charge in [0.05, 0.1) is 6.61 Å². The van der Waals surface area contributed by atoms with E-state index in [1.807, 2.05) is 0 Å². The highest BCUT2D eigenvalue weighted by atomic mass is 16.7. The van der Waals surface area contributed by atoms with Crippen LogP contribution in [0.1, 0.15) is 19.8 Å². The Balaban J connectivity index is 0. The first-order chi connectivity index (χ1) is 7.49. The second kappa shape index (κ2) is 11.5. The van der Waals surface area contributed by atoms with Crippen molar-refractivity contribution in [2.75, 3.05) is 13.7 Å². The van der Waals surface area contributed by atoms with Gasteiger partial charge in [0.2, 0.25) is 0 Å². The van der Waals surface area contributed by atoms with E-state index in [-0.39, 0.29) is 5.91 Å². The first-order valence-electron chi connectivity index (χ1n) is 4.87. The lowest BCUT2D eigenvalue weighted by molar-refractivity contribution is -0.172. The molecular formula is C11H19NO4. The lowest BCUT2D eigenvalue weighted by Crippen LogP contribution is -2.25. The SMILES string of the molecule is C=CC(=O)N(C)OCCCC.C=CC(=O)O. The van der Waals surface area contributed by atoms with Crippen molar-refractivity contribution in [1.29, 1.82) is 0 Å². The number of nitrogens with zero attached hydrogens (tertiary/aromatic N) is 1. The van der Waals surface area contributed by atoms with Gasteiger partial charge in [-0.2, -0.15) is 0 Å². The first-order valence-corrected chi connectivity index (χ1v) is 4.87. The maximum atomic E-state index is 10.8. The van der Waals surface area contributed by atoms with Crippen molar-refractivity contribution in [3.63, 3.8) is 0 Å². The maximum absolute atomic E-state index is 10.8. The van der Waals surface area contributed by atoms with E-state index < -0.39 is 5.97 Å². The van der Waals surface area contributed by atoms with Crippen LogP contribution >= 0.6 is 0 Å². The van der Waals surface area contributed by atoms with Gasteiger partial charge in [0.25, 0.3) is 5.91 Å². The van der Waals surface area contributed by atoms with E-state index in [1.165, 1.54) is 11.1 Å². The fourth-order valence-corrected chi connectivity index (χ4v) is 0.538. The van der Waals surface area contributed by atoms with Gasteiger partial charge in [0.1, 0.15) is 0 Å². The molecule has 5 nitrogen and oxygen atoms in total. The molecule has 0 bridgehead atoms. The van der Waals surface area contributed by atoms with E-state index in [1.54, 1.807) is 7.05 Å². The van der Waals surface area contributed by atoms with Crippen LogP contribution in [0, 0.1) is 0 Å². The molecule has 0 heterocycles. The molecule has 0 aliphatic rings. The number of hydrogen-bond acceptors (Lipinski definition) is 3. The molecule has 0 rings (SSSR count). The van der Waals surface area contributed by atoms with Gasteiger partial charge >= 0.3 is 5.97 Å². The summed E-state index contributed by atoms with van der Waals surface area (Å²) in [5.41, 5.74) is 0. The molecule has 0 aromatic carbocycles. The standard InChI is InChI=1S/C8H15NO2.C3H4O2/c1-4-6-7-11-9(3)8(10)5-2;1-2-3(4)5/h5H,2,4,6-7H2,1,3H3;2H,1H2,(H,4,5). The summed E-state index contributed by atoms with van der Waals surface area (Å²) in [4.78, 5) is 25.1. The largest absolute Gasteiger partial charge is 0.478 e. The molecule has 0 saturated heterocycles. The zero-order valence-corrected chi connectivity index (χ0v) is 9.81. The zero-order chi connectivity index (χ0) is 13.0. The van der Waals surface area contributed by atoms with Crippen LogP contribution in [0.25, 0.3) is 0 Å². The van der Waals surface area contributed by atoms with Crippen molar-refractivity contribution < 1.29 is 19.5 Å². The van der Waals surface area contributed by atoms with Crippen molar-refractivity contribution in [3.8, 4) is 0 Å². The average Bonchev–Trinajstić information content (AvgIpc) is 2.28. The molecule has 1 amide bonds. The molecule has 0 atom stereocenters. The smallest absolute Gasteiger partial charge is 0.327 e. The van der Waals surface area contributed by atoms with E-state index in [9.17, 15) is 9.59 Å². The summed E-state index contributed by atoms with van der Waals surface area (Å²) >= 11 is 0. The second-order valence-electron chi connectivity index (χ2n) is 2.77. The van der Waals surface area contributed by atoms with Crippen LogP contribution < -0.4 is 0 Å². The lowest BCUT2D eigenvalue weighted by atomic mass is 10.4. The number of carbonyl (C=O) groups is 2. The minimum absolute atomic E-state index is 0.207. The Morgan fingerprint density at radius 2 is 1.88 bits per heavy atom. The molecule has 0 radical (unpaired) electrons. The van der Waals surface area contributed by atoms with Gasteiger partial charge < -0.3 is 5.11 Å². The Hall–Kier alpha value is -1.62. The van der Waals surface area contributed by atoms with E-state index in [0.29, 0.717) is 6.61 Å². The fourth-order valence-electron chi connectivity index (χ4n) is 0.538. The van der Waals surface area contributed by atoms with E-state index in [0.717, 1.165) is 18.9 Å². The zero-order valence-electron chi connectivity index (χ0n) is 9.81. The summed E-state index contributed by atoms with van der Waals surface area (Å²) in [7, 11) is 1.58. The third kappa shape index (κ3) is 12.4. The Labute approximate surface area is 96.0 Å². The molecule has 0 spiro atoms. The number of hydrogen-bond donors (Lipinski definition) is 1. The molecule has 0 unspecified atom stereocenters. The molecule has 1 N–H and O–H groups in total. The highest BCUT2D eigenvalue weighted by Gasteiger charge is 2.02. The summed E-state index contributed by atoms with van der Waals surface area (Å²) in [6.07, 6.45) is 4.09. The van der Waals surface area contributed by atoms with Gasteiger partial charge in [-0.05, 0) is 12.5 Å². The third-order valence-electron chi connectivity index (χ3n) is 1.44. The lowest BCUT2D eigenvalue weighted by Gasteiger charge is -2.13.